The van der Waals surface area contributed by atoms with Gasteiger partial charge in [-0.1, -0.05) is 64.1 Å². The lowest BCUT2D eigenvalue weighted by atomic mass is 9.44. The first-order chi connectivity index (χ1) is 14.3. The number of esters is 2. The molecule has 4 nitrogen and oxygen atoms in total. The van der Waals surface area contributed by atoms with Crippen LogP contribution in [0.25, 0.3) is 0 Å². The normalized spacial score (nSPS) is 34.9. The highest BCUT2D eigenvalue weighted by Gasteiger charge is 2.66. The van der Waals surface area contributed by atoms with Gasteiger partial charge in [-0.05, 0) is 48.9 Å². The van der Waals surface area contributed by atoms with E-state index in [1.807, 2.05) is 36.4 Å². The molecular formula is C26H30O4. The van der Waals surface area contributed by atoms with Crippen LogP contribution in [-0.2, 0) is 9.47 Å². The van der Waals surface area contributed by atoms with Crippen molar-refractivity contribution < 1.29 is 19.1 Å². The molecule has 3 aliphatic carbocycles. The zero-order chi connectivity index (χ0) is 21.5. The van der Waals surface area contributed by atoms with Crippen LogP contribution in [0.4, 0.5) is 0 Å². The van der Waals surface area contributed by atoms with Crippen molar-refractivity contribution in [1.29, 1.82) is 0 Å². The lowest BCUT2D eigenvalue weighted by Gasteiger charge is -2.64. The fourth-order valence-corrected chi connectivity index (χ4v) is 5.54. The predicted octanol–water partition coefficient (Wildman–Crippen LogP) is 5.53. The standard InChI is InChI=1S/C26H30O4/c1-17-18(2)26(4)16-15-25(17,3)21(29-23(27)19-11-7-5-8-12-19)22(26)30-24(28)20-13-9-6-10-14-20/h5-14,17-18,21-22H,15-16H2,1-4H3. The third-order valence-corrected chi connectivity index (χ3v) is 8.09. The largest absolute Gasteiger partial charge is 0.454 e. The number of benzene rings is 2. The van der Waals surface area contributed by atoms with Crippen LogP contribution >= 0.6 is 0 Å². The number of carbonyl (C=O) groups is 2. The Kier molecular flexibility index (Phi) is 5.21. The fourth-order valence-electron chi connectivity index (χ4n) is 5.54. The van der Waals surface area contributed by atoms with Crippen LogP contribution in [0.15, 0.2) is 60.7 Å². The first kappa shape index (κ1) is 20.6. The topological polar surface area (TPSA) is 52.6 Å². The molecular weight excluding hydrogens is 376 g/mol. The summed E-state index contributed by atoms with van der Waals surface area (Å²) >= 11 is 0. The van der Waals surface area contributed by atoms with E-state index in [0.717, 1.165) is 12.8 Å². The first-order valence-electron chi connectivity index (χ1n) is 10.8. The minimum Gasteiger partial charge on any atom is -0.454 e. The maximum atomic E-state index is 13.0. The highest BCUT2D eigenvalue weighted by atomic mass is 16.6. The summed E-state index contributed by atoms with van der Waals surface area (Å²) in [6.07, 6.45) is 0.924. The second kappa shape index (κ2) is 7.57. The molecule has 0 N–H and O–H groups in total. The zero-order valence-electron chi connectivity index (χ0n) is 18.1. The Morgan fingerprint density at radius 3 is 1.37 bits per heavy atom. The summed E-state index contributed by atoms with van der Waals surface area (Å²) in [5.74, 6) is -0.0369. The summed E-state index contributed by atoms with van der Waals surface area (Å²) < 4.78 is 12.3. The zero-order valence-corrected chi connectivity index (χ0v) is 18.1. The Balaban J connectivity index is 1.68. The van der Waals surface area contributed by atoms with E-state index in [0.29, 0.717) is 23.0 Å². The van der Waals surface area contributed by atoms with Crippen LogP contribution in [-0.4, -0.2) is 24.1 Å². The summed E-state index contributed by atoms with van der Waals surface area (Å²) in [6, 6.07) is 18.1. The molecule has 4 heteroatoms. The second-order valence-electron chi connectivity index (χ2n) is 9.47. The van der Waals surface area contributed by atoms with E-state index >= 15 is 0 Å². The molecule has 0 amide bonds. The predicted molar refractivity (Wildman–Crippen MR) is 115 cm³/mol. The van der Waals surface area contributed by atoms with Gasteiger partial charge in [0.05, 0.1) is 11.1 Å². The van der Waals surface area contributed by atoms with E-state index in [9.17, 15) is 9.59 Å². The molecule has 6 atom stereocenters. The van der Waals surface area contributed by atoms with Crippen molar-refractivity contribution >= 4 is 11.9 Å². The highest BCUT2D eigenvalue weighted by molar-refractivity contribution is 5.90. The first-order valence-corrected chi connectivity index (χ1v) is 10.8. The van der Waals surface area contributed by atoms with E-state index < -0.39 is 12.2 Å². The molecule has 2 bridgehead atoms. The number of hydrogen-bond acceptors (Lipinski definition) is 4. The molecule has 5 rings (SSSR count). The quantitative estimate of drug-likeness (QED) is 0.627. The third kappa shape index (κ3) is 3.23. The van der Waals surface area contributed by atoms with E-state index in [1.165, 1.54) is 0 Å². The summed E-state index contributed by atoms with van der Waals surface area (Å²) in [5, 5.41) is 0. The number of rotatable bonds is 4. The van der Waals surface area contributed by atoms with Crippen molar-refractivity contribution in [2.24, 2.45) is 22.7 Å². The van der Waals surface area contributed by atoms with Crippen LogP contribution in [0.5, 0.6) is 0 Å². The van der Waals surface area contributed by atoms with Gasteiger partial charge in [0.2, 0.25) is 0 Å². The molecule has 2 aromatic carbocycles. The summed E-state index contributed by atoms with van der Waals surface area (Å²) in [6.45, 7) is 8.83. The highest BCUT2D eigenvalue weighted by Crippen LogP contribution is 2.63. The van der Waals surface area contributed by atoms with Crippen molar-refractivity contribution in [1.82, 2.24) is 0 Å². The van der Waals surface area contributed by atoms with Gasteiger partial charge in [-0.25, -0.2) is 9.59 Å². The number of hydrogen-bond donors (Lipinski definition) is 0. The van der Waals surface area contributed by atoms with E-state index in [4.69, 9.17) is 9.47 Å². The summed E-state index contributed by atoms with van der Waals surface area (Å²) in [7, 11) is 0. The Morgan fingerprint density at radius 1 is 0.700 bits per heavy atom. The van der Waals surface area contributed by atoms with Gasteiger partial charge in [0.25, 0.3) is 0 Å². The molecule has 0 spiro atoms. The average molecular weight is 407 g/mol. The van der Waals surface area contributed by atoms with E-state index in [2.05, 4.69) is 27.7 Å². The minimum atomic E-state index is -0.484. The lowest BCUT2D eigenvalue weighted by Crippen LogP contribution is -2.68. The molecule has 2 aromatic rings. The monoisotopic (exact) mass is 406 g/mol. The molecule has 3 fully saturated rings. The van der Waals surface area contributed by atoms with Crippen molar-refractivity contribution in [2.45, 2.75) is 52.7 Å². The van der Waals surface area contributed by atoms with Crippen molar-refractivity contribution in [2.75, 3.05) is 0 Å². The number of carbonyl (C=O) groups excluding carboxylic acids is 2. The van der Waals surface area contributed by atoms with Gasteiger partial charge in [0, 0.05) is 10.8 Å². The SMILES string of the molecule is CC1C(C)C2(C)CCC1(C)C(OC(=O)c1ccccc1)C2OC(=O)c1ccccc1. The molecule has 0 saturated heterocycles. The summed E-state index contributed by atoms with van der Waals surface area (Å²) in [4.78, 5) is 25.9. The lowest BCUT2D eigenvalue weighted by molar-refractivity contribution is -0.238. The molecule has 0 aliphatic heterocycles. The number of ether oxygens (including phenoxy) is 2. The van der Waals surface area contributed by atoms with Crippen LogP contribution in [0.3, 0.4) is 0 Å². The molecule has 3 aliphatic rings. The van der Waals surface area contributed by atoms with Crippen LogP contribution < -0.4 is 0 Å². The van der Waals surface area contributed by atoms with Crippen LogP contribution in [0.2, 0.25) is 0 Å². The Bertz CT molecular complexity index is 847. The Labute approximate surface area is 178 Å². The van der Waals surface area contributed by atoms with Gasteiger partial charge in [0.15, 0.2) is 0 Å². The molecule has 158 valence electrons. The van der Waals surface area contributed by atoms with Crippen LogP contribution in [0, 0.1) is 22.7 Å². The molecule has 6 unspecified atom stereocenters. The third-order valence-electron chi connectivity index (χ3n) is 8.09. The van der Waals surface area contributed by atoms with Gasteiger partial charge in [-0.2, -0.15) is 0 Å². The Hall–Kier alpha value is -2.62. The van der Waals surface area contributed by atoms with Gasteiger partial charge >= 0.3 is 11.9 Å². The molecule has 0 radical (unpaired) electrons. The summed E-state index contributed by atoms with van der Waals surface area (Å²) in [5.41, 5.74) is 0.537. The van der Waals surface area contributed by atoms with Crippen molar-refractivity contribution in [3.05, 3.63) is 71.8 Å². The van der Waals surface area contributed by atoms with Gasteiger partial charge in [-0.3, -0.25) is 0 Å². The van der Waals surface area contributed by atoms with Crippen molar-refractivity contribution in [3.63, 3.8) is 0 Å². The Morgan fingerprint density at radius 2 is 1.03 bits per heavy atom. The van der Waals surface area contributed by atoms with Gasteiger partial charge < -0.3 is 9.47 Å². The molecule has 30 heavy (non-hydrogen) atoms. The van der Waals surface area contributed by atoms with E-state index in [1.54, 1.807) is 24.3 Å². The van der Waals surface area contributed by atoms with Gasteiger partial charge in [0.1, 0.15) is 12.2 Å². The van der Waals surface area contributed by atoms with Crippen LogP contribution in [0.1, 0.15) is 61.3 Å². The van der Waals surface area contributed by atoms with E-state index in [-0.39, 0.29) is 22.8 Å². The molecule has 3 saturated carbocycles. The van der Waals surface area contributed by atoms with Gasteiger partial charge in [-0.15, -0.1) is 0 Å². The maximum Gasteiger partial charge on any atom is 0.338 e. The minimum absolute atomic E-state index is 0.247. The second-order valence-corrected chi connectivity index (χ2v) is 9.47. The molecule has 0 heterocycles. The van der Waals surface area contributed by atoms with Crippen molar-refractivity contribution in [3.8, 4) is 0 Å². The molecule has 0 aromatic heterocycles. The maximum absolute atomic E-state index is 13.0. The fraction of sp³-hybridized carbons (Fsp3) is 0.462. The average Bonchev–Trinajstić information content (AvgIpc) is 2.77. The number of fused-ring (bicyclic) bond motifs is 3. The smallest absolute Gasteiger partial charge is 0.338 e.